The van der Waals surface area contributed by atoms with Crippen molar-refractivity contribution in [2.75, 3.05) is 78.8 Å². The lowest BCUT2D eigenvalue weighted by Gasteiger charge is -2.26. The highest BCUT2D eigenvalue weighted by Gasteiger charge is 2.11. The Bertz CT molecular complexity index is 398. The third-order valence-corrected chi connectivity index (χ3v) is 5.21. The maximum Gasteiger partial charge on any atom is 0.219 e. The number of hydrogen-bond donors (Lipinski definition) is 2. The number of amides is 2. The van der Waals surface area contributed by atoms with Crippen molar-refractivity contribution in [1.82, 2.24) is 20.4 Å². The first-order valence-corrected chi connectivity index (χ1v) is 10.9. The lowest BCUT2D eigenvalue weighted by Crippen LogP contribution is -2.38. The van der Waals surface area contributed by atoms with Gasteiger partial charge < -0.3 is 20.1 Å². The molecule has 28 heavy (non-hydrogen) atoms. The van der Waals surface area contributed by atoms with Crippen LogP contribution in [0.15, 0.2) is 0 Å². The monoisotopic (exact) mass is 398 g/mol. The molecule has 0 aliphatic carbocycles. The highest BCUT2D eigenvalue weighted by molar-refractivity contribution is 5.77. The number of nitrogens with one attached hydrogen (secondary N) is 2. The van der Waals surface area contributed by atoms with Crippen LogP contribution in [-0.2, 0) is 19.1 Å². The number of nitrogens with zero attached hydrogens (tertiary/aromatic N) is 2. The van der Waals surface area contributed by atoms with Crippen molar-refractivity contribution in [3.05, 3.63) is 0 Å². The lowest BCUT2D eigenvalue weighted by molar-refractivity contribution is -0.123. The second kappa shape index (κ2) is 14.7. The SMILES string of the molecule is O=C(CCCCC(=O)NCCCN1CCOCC1)NCCCN1CCOCC1. The Morgan fingerprint density at radius 2 is 1.04 bits per heavy atom. The van der Waals surface area contributed by atoms with Crippen molar-refractivity contribution in [3.8, 4) is 0 Å². The van der Waals surface area contributed by atoms with E-state index in [-0.39, 0.29) is 11.8 Å². The van der Waals surface area contributed by atoms with Crippen molar-refractivity contribution in [1.29, 1.82) is 0 Å². The van der Waals surface area contributed by atoms with Crippen LogP contribution in [0.4, 0.5) is 0 Å². The smallest absolute Gasteiger partial charge is 0.219 e. The molecule has 162 valence electrons. The van der Waals surface area contributed by atoms with E-state index >= 15 is 0 Å². The average molecular weight is 399 g/mol. The van der Waals surface area contributed by atoms with Gasteiger partial charge in [0, 0.05) is 52.1 Å². The van der Waals surface area contributed by atoms with Crippen LogP contribution in [0.5, 0.6) is 0 Å². The van der Waals surface area contributed by atoms with E-state index in [4.69, 9.17) is 9.47 Å². The molecule has 2 aliphatic heterocycles. The third-order valence-electron chi connectivity index (χ3n) is 5.21. The molecular formula is C20H38N4O4. The Morgan fingerprint density at radius 3 is 1.43 bits per heavy atom. The third kappa shape index (κ3) is 10.9. The van der Waals surface area contributed by atoms with Crippen LogP contribution in [0.25, 0.3) is 0 Å². The minimum absolute atomic E-state index is 0.0906. The summed E-state index contributed by atoms with van der Waals surface area (Å²) < 4.78 is 10.6. The van der Waals surface area contributed by atoms with Gasteiger partial charge in [-0.15, -0.1) is 0 Å². The molecule has 2 rings (SSSR count). The molecule has 8 nitrogen and oxygen atoms in total. The molecule has 0 atom stereocenters. The molecule has 8 heteroatoms. The van der Waals surface area contributed by atoms with Crippen LogP contribution in [-0.4, -0.2) is 100 Å². The molecule has 2 aliphatic rings. The second-order valence-corrected chi connectivity index (χ2v) is 7.52. The second-order valence-electron chi connectivity index (χ2n) is 7.52. The molecular weight excluding hydrogens is 360 g/mol. The van der Waals surface area contributed by atoms with E-state index in [9.17, 15) is 9.59 Å². The molecule has 0 unspecified atom stereocenters. The van der Waals surface area contributed by atoms with E-state index < -0.39 is 0 Å². The first-order chi connectivity index (χ1) is 13.7. The summed E-state index contributed by atoms with van der Waals surface area (Å²) in [6, 6.07) is 0. The normalized spacial score (nSPS) is 18.7. The Labute approximate surface area is 169 Å². The summed E-state index contributed by atoms with van der Waals surface area (Å²) in [5.41, 5.74) is 0. The summed E-state index contributed by atoms with van der Waals surface area (Å²) in [5.74, 6) is 0.181. The van der Waals surface area contributed by atoms with Crippen LogP contribution in [0, 0.1) is 0 Å². The van der Waals surface area contributed by atoms with Crippen molar-refractivity contribution in [2.45, 2.75) is 38.5 Å². The van der Waals surface area contributed by atoms with Gasteiger partial charge in [-0.1, -0.05) is 0 Å². The van der Waals surface area contributed by atoms with Crippen LogP contribution < -0.4 is 10.6 Å². The van der Waals surface area contributed by atoms with Gasteiger partial charge in [0.2, 0.25) is 11.8 Å². The molecule has 2 heterocycles. The zero-order valence-electron chi connectivity index (χ0n) is 17.3. The molecule has 0 saturated carbocycles. The van der Waals surface area contributed by atoms with Gasteiger partial charge in [-0.2, -0.15) is 0 Å². The highest BCUT2D eigenvalue weighted by atomic mass is 16.5. The Balaban J connectivity index is 1.35. The van der Waals surface area contributed by atoms with Crippen molar-refractivity contribution >= 4 is 11.8 Å². The molecule has 0 aromatic rings. The number of hydrogen-bond acceptors (Lipinski definition) is 6. The number of carbonyl (C=O) groups is 2. The Kier molecular flexibility index (Phi) is 12.1. The van der Waals surface area contributed by atoms with Gasteiger partial charge in [-0.3, -0.25) is 19.4 Å². The quantitative estimate of drug-likeness (QED) is 0.432. The summed E-state index contributed by atoms with van der Waals surface area (Å²) >= 11 is 0. The van der Waals surface area contributed by atoms with Crippen LogP contribution in [0.2, 0.25) is 0 Å². The van der Waals surface area contributed by atoms with Crippen LogP contribution in [0.3, 0.4) is 0 Å². The van der Waals surface area contributed by atoms with E-state index in [1.165, 1.54) is 0 Å². The van der Waals surface area contributed by atoms with Gasteiger partial charge >= 0.3 is 0 Å². The molecule has 0 spiro atoms. The van der Waals surface area contributed by atoms with E-state index in [2.05, 4.69) is 20.4 Å². The maximum absolute atomic E-state index is 11.8. The summed E-state index contributed by atoms with van der Waals surface area (Å²) in [4.78, 5) is 28.4. The van der Waals surface area contributed by atoms with Crippen LogP contribution in [0.1, 0.15) is 38.5 Å². The summed E-state index contributed by atoms with van der Waals surface area (Å²) in [6.45, 7) is 10.7. The topological polar surface area (TPSA) is 83.1 Å². The minimum atomic E-state index is 0.0906. The zero-order valence-corrected chi connectivity index (χ0v) is 17.3. The number of ether oxygens (including phenoxy) is 2. The average Bonchev–Trinajstić information content (AvgIpc) is 2.73. The van der Waals surface area contributed by atoms with E-state index in [0.717, 1.165) is 104 Å². The van der Waals surface area contributed by atoms with Crippen LogP contribution >= 0.6 is 0 Å². The predicted molar refractivity (Wildman–Crippen MR) is 108 cm³/mol. The van der Waals surface area contributed by atoms with Gasteiger partial charge in [0.1, 0.15) is 0 Å². The van der Waals surface area contributed by atoms with Gasteiger partial charge in [0.25, 0.3) is 0 Å². The van der Waals surface area contributed by atoms with Crippen molar-refractivity contribution in [3.63, 3.8) is 0 Å². The number of rotatable bonds is 13. The summed E-state index contributed by atoms with van der Waals surface area (Å²) in [5, 5.41) is 5.94. The van der Waals surface area contributed by atoms with Gasteiger partial charge in [-0.25, -0.2) is 0 Å². The highest BCUT2D eigenvalue weighted by Crippen LogP contribution is 2.01. The van der Waals surface area contributed by atoms with Gasteiger partial charge in [0.15, 0.2) is 0 Å². The first-order valence-electron chi connectivity index (χ1n) is 10.9. The van der Waals surface area contributed by atoms with Gasteiger partial charge in [-0.05, 0) is 38.8 Å². The Morgan fingerprint density at radius 1 is 0.643 bits per heavy atom. The molecule has 0 bridgehead atoms. The Hall–Kier alpha value is -1.22. The molecule has 2 saturated heterocycles. The minimum Gasteiger partial charge on any atom is -0.379 e. The molecule has 0 radical (unpaired) electrons. The fourth-order valence-electron chi connectivity index (χ4n) is 3.46. The fraction of sp³-hybridized carbons (Fsp3) is 0.900. The molecule has 2 fully saturated rings. The largest absolute Gasteiger partial charge is 0.379 e. The molecule has 2 amide bonds. The summed E-state index contributed by atoms with van der Waals surface area (Å²) in [7, 11) is 0. The molecule has 0 aromatic carbocycles. The molecule has 0 aromatic heterocycles. The van der Waals surface area contributed by atoms with Crippen molar-refractivity contribution < 1.29 is 19.1 Å². The van der Waals surface area contributed by atoms with Crippen molar-refractivity contribution in [2.24, 2.45) is 0 Å². The van der Waals surface area contributed by atoms with Gasteiger partial charge in [0.05, 0.1) is 26.4 Å². The fourth-order valence-corrected chi connectivity index (χ4v) is 3.46. The number of carbonyl (C=O) groups excluding carboxylic acids is 2. The summed E-state index contributed by atoms with van der Waals surface area (Å²) in [6.07, 6.45) is 4.47. The predicted octanol–water partition coefficient (Wildman–Crippen LogP) is 0.224. The maximum atomic E-state index is 11.8. The van der Waals surface area contributed by atoms with E-state index in [1.54, 1.807) is 0 Å². The van der Waals surface area contributed by atoms with E-state index in [1.807, 2.05) is 0 Å². The number of morpholine rings is 2. The number of unbranched alkanes of at least 4 members (excludes halogenated alkanes) is 1. The standard InChI is InChI=1S/C20H38N4O4/c25-19(21-7-3-9-23-11-15-27-16-12-23)5-1-2-6-20(26)22-8-4-10-24-13-17-28-18-14-24/h1-18H2,(H,21,25)(H,22,26). The first kappa shape index (κ1) is 23.1. The molecule has 2 N–H and O–H groups in total. The van der Waals surface area contributed by atoms with E-state index in [0.29, 0.717) is 12.8 Å². The zero-order chi connectivity index (χ0) is 19.9. The lowest BCUT2D eigenvalue weighted by atomic mass is 10.2.